The van der Waals surface area contributed by atoms with Crippen molar-refractivity contribution in [3.8, 4) is 0 Å². The molecular formula is C11H15NO. The lowest BCUT2D eigenvalue weighted by Gasteiger charge is -2.11. The van der Waals surface area contributed by atoms with Gasteiger partial charge in [0.15, 0.2) is 0 Å². The van der Waals surface area contributed by atoms with Gasteiger partial charge in [-0.1, -0.05) is 6.08 Å². The van der Waals surface area contributed by atoms with Crippen LogP contribution in [0.25, 0.3) is 5.57 Å². The molecule has 0 atom stereocenters. The van der Waals surface area contributed by atoms with Crippen molar-refractivity contribution in [3.63, 3.8) is 0 Å². The third kappa shape index (κ3) is 1.68. The molecule has 0 amide bonds. The van der Waals surface area contributed by atoms with Crippen LogP contribution in [-0.4, -0.2) is 0 Å². The number of hydrogen-bond donors (Lipinski definition) is 1. The zero-order valence-corrected chi connectivity index (χ0v) is 7.75. The van der Waals surface area contributed by atoms with E-state index in [0.29, 0.717) is 6.54 Å². The minimum absolute atomic E-state index is 0.500. The molecule has 0 aliphatic heterocycles. The lowest BCUT2D eigenvalue weighted by atomic mass is 9.94. The van der Waals surface area contributed by atoms with Crippen LogP contribution < -0.4 is 5.73 Å². The Morgan fingerprint density at radius 1 is 1.38 bits per heavy atom. The van der Waals surface area contributed by atoms with Gasteiger partial charge >= 0.3 is 0 Å². The second-order valence-electron chi connectivity index (χ2n) is 3.44. The molecule has 1 aliphatic rings. The van der Waals surface area contributed by atoms with E-state index in [1.807, 2.05) is 6.07 Å². The fraction of sp³-hybridized carbons (Fsp3) is 0.455. The molecule has 2 N–H and O–H groups in total. The Morgan fingerprint density at radius 3 is 3.00 bits per heavy atom. The Bertz CT molecular complexity index is 312. The van der Waals surface area contributed by atoms with Crippen molar-refractivity contribution >= 4 is 5.57 Å². The second-order valence-corrected chi connectivity index (χ2v) is 3.44. The van der Waals surface area contributed by atoms with Gasteiger partial charge in [-0.2, -0.15) is 0 Å². The largest absolute Gasteiger partial charge is 0.467 e. The van der Waals surface area contributed by atoms with Gasteiger partial charge < -0.3 is 10.2 Å². The molecule has 0 aromatic carbocycles. The van der Waals surface area contributed by atoms with Gasteiger partial charge in [-0.25, -0.2) is 0 Å². The third-order valence-electron chi connectivity index (χ3n) is 2.57. The van der Waals surface area contributed by atoms with Gasteiger partial charge in [0, 0.05) is 5.56 Å². The average molecular weight is 177 g/mol. The maximum absolute atomic E-state index is 5.58. The highest BCUT2D eigenvalue weighted by molar-refractivity contribution is 5.67. The smallest absolute Gasteiger partial charge is 0.124 e. The number of nitrogens with two attached hydrogens (primary N) is 1. The summed E-state index contributed by atoms with van der Waals surface area (Å²) in [5.74, 6) is 0.924. The maximum Gasteiger partial charge on any atom is 0.124 e. The Morgan fingerprint density at radius 2 is 2.31 bits per heavy atom. The zero-order valence-electron chi connectivity index (χ0n) is 7.75. The molecule has 0 radical (unpaired) electrons. The topological polar surface area (TPSA) is 39.2 Å². The lowest BCUT2D eigenvalue weighted by molar-refractivity contribution is 0.510. The number of rotatable bonds is 2. The molecular weight excluding hydrogens is 162 g/mol. The molecule has 2 heteroatoms. The number of allylic oxidation sites excluding steroid dienone is 2. The van der Waals surface area contributed by atoms with E-state index < -0.39 is 0 Å². The molecule has 0 fully saturated rings. The molecule has 2 nitrogen and oxygen atoms in total. The number of furan rings is 1. The molecule has 0 saturated heterocycles. The van der Waals surface area contributed by atoms with Crippen LogP contribution in [0.3, 0.4) is 0 Å². The molecule has 1 heterocycles. The fourth-order valence-corrected chi connectivity index (χ4v) is 1.87. The van der Waals surface area contributed by atoms with Crippen molar-refractivity contribution in [2.45, 2.75) is 32.2 Å². The van der Waals surface area contributed by atoms with Gasteiger partial charge in [-0.05, 0) is 37.3 Å². The van der Waals surface area contributed by atoms with Crippen molar-refractivity contribution < 1.29 is 4.42 Å². The van der Waals surface area contributed by atoms with Gasteiger partial charge in [0.25, 0.3) is 0 Å². The molecule has 1 aromatic heterocycles. The molecule has 0 spiro atoms. The number of hydrogen-bond acceptors (Lipinski definition) is 2. The monoisotopic (exact) mass is 177 g/mol. The van der Waals surface area contributed by atoms with Crippen LogP contribution in [0.5, 0.6) is 0 Å². The Labute approximate surface area is 78.4 Å². The first-order chi connectivity index (χ1) is 6.42. The van der Waals surface area contributed by atoms with E-state index in [1.54, 1.807) is 6.26 Å². The molecule has 2 rings (SSSR count). The van der Waals surface area contributed by atoms with Crippen molar-refractivity contribution in [1.82, 2.24) is 0 Å². The quantitative estimate of drug-likeness (QED) is 0.754. The summed E-state index contributed by atoms with van der Waals surface area (Å²) in [6.07, 6.45) is 9.03. The standard InChI is InChI=1S/C11H15NO/c12-8-11-10(6-7-13-11)9-4-2-1-3-5-9/h4,6-7H,1-3,5,8,12H2. The Balaban J connectivity index is 2.28. The first-order valence-electron chi connectivity index (χ1n) is 4.87. The van der Waals surface area contributed by atoms with Crippen molar-refractivity contribution in [2.75, 3.05) is 0 Å². The molecule has 0 unspecified atom stereocenters. The van der Waals surface area contributed by atoms with E-state index in [2.05, 4.69) is 6.08 Å². The van der Waals surface area contributed by atoms with Crippen LogP contribution in [0.15, 0.2) is 22.8 Å². The normalized spacial score (nSPS) is 17.2. The van der Waals surface area contributed by atoms with Gasteiger partial charge in [-0.3, -0.25) is 0 Å². The summed E-state index contributed by atoms with van der Waals surface area (Å²) >= 11 is 0. The molecule has 1 aliphatic carbocycles. The van der Waals surface area contributed by atoms with Crippen LogP contribution in [0, 0.1) is 0 Å². The molecule has 1 aromatic rings. The first kappa shape index (κ1) is 8.57. The summed E-state index contributed by atoms with van der Waals surface area (Å²) in [6, 6.07) is 2.03. The van der Waals surface area contributed by atoms with E-state index in [1.165, 1.54) is 36.8 Å². The average Bonchev–Trinajstić information content (AvgIpc) is 2.67. The zero-order chi connectivity index (χ0) is 9.10. The van der Waals surface area contributed by atoms with E-state index >= 15 is 0 Å². The van der Waals surface area contributed by atoms with Gasteiger partial charge in [-0.15, -0.1) is 0 Å². The predicted molar refractivity (Wildman–Crippen MR) is 53.0 cm³/mol. The van der Waals surface area contributed by atoms with Crippen molar-refractivity contribution in [1.29, 1.82) is 0 Å². The summed E-state index contributed by atoms with van der Waals surface area (Å²) in [5.41, 5.74) is 8.22. The summed E-state index contributed by atoms with van der Waals surface area (Å²) in [6.45, 7) is 0.500. The molecule has 13 heavy (non-hydrogen) atoms. The minimum atomic E-state index is 0.500. The van der Waals surface area contributed by atoms with Gasteiger partial charge in [0.1, 0.15) is 5.76 Å². The summed E-state index contributed by atoms with van der Waals surface area (Å²) in [7, 11) is 0. The van der Waals surface area contributed by atoms with E-state index in [-0.39, 0.29) is 0 Å². The van der Waals surface area contributed by atoms with Crippen molar-refractivity contribution in [3.05, 3.63) is 29.7 Å². The fourth-order valence-electron chi connectivity index (χ4n) is 1.87. The summed E-state index contributed by atoms with van der Waals surface area (Å²) < 4.78 is 5.30. The van der Waals surface area contributed by atoms with Crippen LogP contribution in [0.4, 0.5) is 0 Å². The van der Waals surface area contributed by atoms with Crippen LogP contribution in [0.2, 0.25) is 0 Å². The highest BCUT2D eigenvalue weighted by Gasteiger charge is 2.11. The van der Waals surface area contributed by atoms with Gasteiger partial charge in [0.2, 0.25) is 0 Å². The Kier molecular flexibility index (Phi) is 2.50. The van der Waals surface area contributed by atoms with Gasteiger partial charge in [0.05, 0.1) is 12.8 Å². The highest BCUT2D eigenvalue weighted by atomic mass is 16.3. The SMILES string of the molecule is NCc1occc1C1=CCCCC1. The summed E-state index contributed by atoms with van der Waals surface area (Å²) in [4.78, 5) is 0. The van der Waals surface area contributed by atoms with E-state index in [0.717, 1.165) is 5.76 Å². The molecule has 0 saturated carbocycles. The van der Waals surface area contributed by atoms with E-state index in [9.17, 15) is 0 Å². The molecule has 0 bridgehead atoms. The lowest BCUT2D eigenvalue weighted by Crippen LogP contribution is -1.99. The predicted octanol–water partition coefficient (Wildman–Crippen LogP) is 2.70. The molecule has 70 valence electrons. The maximum atomic E-state index is 5.58. The second kappa shape index (κ2) is 3.79. The minimum Gasteiger partial charge on any atom is -0.467 e. The van der Waals surface area contributed by atoms with Crippen LogP contribution in [-0.2, 0) is 6.54 Å². The van der Waals surface area contributed by atoms with Crippen LogP contribution >= 0.6 is 0 Å². The third-order valence-corrected chi connectivity index (χ3v) is 2.57. The highest BCUT2D eigenvalue weighted by Crippen LogP contribution is 2.29. The summed E-state index contributed by atoms with van der Waals surface area (Å²) in [5, 5.41) is 0. The van der Waals surface area contributed by atoms with Crippen molar-refractivity contribution in [2.24, 2.45) is 5.73 Å². The first-order valence-corrected chi connectivity index (χ1v) is 4.87. The van der Waals surface area contributed by atoms with E-state index in [4.69, 9.17) is 10.2 Å². The Hall–Kier alpha value is -1.02. The van der Waals surface area contributed by atoms with Crippen LogP contribution in [0.1, 0.15) is 37.0 Å².